The van der Waals surface area contributed by atoms with Gasteiger partial charge in [-0.05, 0) is 42.3 Å². The number of nitrogens with two attached hydrogens (primary N) is 1. The summed E-state index contributed by atoms with van der Waals surface area (Å²) < 4.78 is 13.3. The lowest BCUT2D eigenvalue weighted by atomic mass is 10.0. The number of nitriles is 1. The normalized spacial score (nSPS) is 9.94. The standard InChI is InChI=1S/C13H10FN3/c1-8-2-13(16)17-7-12(8)10-3-9(6-15)4-11(14)5-10/h2-5,7H,1H3,(H2,16,17). The number of hydrogen-bond donors (Lipinski definition) is 1. The Balaban J connectivity index is 2.61. The van der Waals surface area contributed by atoms with Gasteiger partial charge in [0.1, 0.15) is 11.6 Å². The largest absolute Gasteiger partial charge is 0.384 e. The first-order valence-corrected chi connectivity index (χ1v) is 5.03. The average Bonchev–Trinajstić information content (AvgIpc) is 2.28. The molecule has 2 aromatic rings. The van der Waals surface area contributed by atoms with E-state index < -0.39 is 5.82 Å². The second kappa shape index (κ2) is 4.22. The van der Waals surface area contributed by atoms with E-state index in [1.807, 2.05) is 13.0 Å². The van der Waals surface area contributed by atoms with Crippen molar-refractivity contribution in [1.29, 1.82) is 5.26 Å². The third-order valence-corrected chi connectivity index (χ3v) is 2.47. The minimum absolute atomic E-state index is 0.288. The summed E-state index contributed by atoms with van der Waals surface area (Å²) in [5.74, 6) is -0.0153. The molecule has 84 valence electrons. The predicted octanol–water partition coefficient (Wildman–Crippen LogP) is 2.65. The topological polar surface area (TPSA) is 62.7 Å². The van der Waals surface area contributed by atoms with Crippen LogP contribution in [0.2, 0.25) is 0 Å². The zero-order valence-electron chi connectivity index (χ0n) is 9.24. The van der Waals surface area contributed by atoms with Gasteiger partial charge < -0.3 is 5.73 Å². The molecule has 0 aliphatic heterocycles. The van der Waals surface area contributed by atoms with Gasteiger partial charge in [-0.15, -0.1) is 0 Å². The second-order valence-corrected chi connectivity index (χ2v) is 3.76. The average molecular weight is 227 g/mol. The molecule has 3 nitrogen and oxygen atoms in total. The third kappa shape index (κ3) is 2.23. The first-order chi connectivity index (χ1) is 8.10. The van der Waals surface area contributed by atoms with Gasteiger partial charge in [0, 0.05) is 11.8 Å². The highest BCUT2D eigenvalue weighted by Gasteiger charge is 2.06. The van der Waals surface area contributed by atoms with E-state index in [2.05, 4.69) is 4.98 Å². The summed E-state index contributed by atoms with van der Waals surface area (Å²) in [4.78, 5) is 3.97. The van der Waals surface area contributed by atoms with Crippen LogP contribution in [-0.4, -0.2) is 4.98 Å². The van der Waals surface area contributed by atoms with E-state index in [1.54, 1.807) is 18.3 Å². The molecule has 1 heterocycles. The molecule has 0 saturated carbocycles. The van der Waals surface area contributed by atoms with Crippen LogP contribution in [0.5, 0.6) is 0 Å². The van der Waals surface area contributed by atoms with Crippen molar-refractivity contribution in [1.82, 2.24) is 4.98 Å². The van der Waals surface area contributed by atoms with Crippen LogP contribution < -0.4 is 5.73 Å². The number of halogens is 1. The molecule has 0 aliphatic carbocycles. The number of benzene rings is 1. The van der Waals surface area contributed by atoms with Crippen molar-refractivity contribution < 1.29 is 4.39 Å². The van der Waals surface area contributed by atoms with Crippen LogP contribution in [0.15, 0.2) is 30.5 Å². The summed E-state index contributed by atoms with van der Waals surface area (Å²) >= 11 is 0. The maximum Gasteiger partial charge on any atom is 0.125 e. The highest BCUT2D eigenvalue weighted by molar-refractivity contribution is 5.69. The molecule has 0 aliphatic rings. The van der Waals surface area contributed by atoms with E-state index in [0.29, 0.717) is 11.4 Å². The Morgan fingerprint density at radius 2 is 2.06 bits per heavy atom. The van der Waals surface area contributed by atoms with E-state index in [1.165, 1.54) is 12.1 Å². The Kier molecular flexibility index (Phi) is 2.75. The van der Waals surface area contributed by atoms with Gasteiger partial charge >= 0.3 is 0 Å². The van der Waals surface area contributed by atoms with Crippen LogP contribution in [0, 0.1) is 24.1 Å². The van der Waals surface area contributed by atoms with Crippen LogP contribution in [-0.2, 0) is 0 Å². The summed E-state index contributed by atoms with van der Waals surface area (Å²) in [7, 11) is 0. The molecule has 1 aromatic heterocycles. The smallest absolute Gasteiger partial charge is 0.125 e. The molecule has 4 heteroatoms. The van der Waals surface area contributed by atoms with Crippen molar-refractivity contribution in [3.8, 4) is 17.2 Å². The monoisotopic (exact) mass is 227 g/mol. The zero-order valence-corrected chi connectivity index (χ0v) is 9.24. The lowest BCUT2D eigenvalue weighted by Crippen LogP contribution is -1.93. The maximum absolute atomic E-state index is 13.3. The van der Waals surface area contributed by atoms with Crippen LogP contribution >= 0.6 is 0 Å². The number of pyridine rings is 1. The van der Waals surface area contributed by atoms with E-state index in [9.17, 15) is 4.39 Å². The Labute approximate surface area is 98.3 Å². The summed E-state index contributed by atoms with van der Waals surface area (Å²) in [6, 6.07) is 7.84. The van der Waals surface area contributed by atoms with Crippen LogP contribution in [0.4, 0.5) is 10.2 Å². The van der Waals surface area contributed by atoms with Crippen LogP contribution in [0.3, 0.4) is 0 Å². The fraction of sp³-hybridized carbons (Fsp3) is 0.0769. The number of nitrogens with zero attached hydrogens (tertiary/aromatic N) is 2. The minimum atomic E-state index is -0.435. The highest BCUT2D eigenvalue weighted by atomic mass is 19.1. The Morgan fingerprint density at radius 3 is 2.71 bits per heavy atom. The summed E-state index contributed by atoms with van der Waals surface area (Å²) in [6.07, 6.45) is 1.58. The molecule has 2 rings (SSSR count). The molecule has 17 heavy (non-hydrogen) atoms. The maximum atomic E-state index is 13.3. The molecule has 0 saturated heterocycles. The molecule has 0 unspecified atom stereocenters. The Morgan fingerprint density at radius 1 is 1.29 bits per heavy atom. The van der Waals surface area contributed by atoms with Crippen LogP contribution in [0.25, 0.3) is 11.1 Å². The predicted molar refractivity (Wildman–Crippen MR) is 63.5 cm³/mol. The number of anilines is 1. The summed E-state index contributed by atoms with van der Waals surface area (Å²) in [5.41, 5.74) is 8.14. The number of nitrogen functional groups attached to an aromatic ring is 1. The third-order valence-electron chi connectivity index (χ3n) is 2.47. The molecular formula is C13H10FN3. The Hall–Kier alpha value is -2.41. The van der Waals surface area contributed by atoms with Crippen molar-refractivity contribution in [2.24, 2.45) is 0 Å². The number of rotatable bonds is 1. The van der Waals surface area contributed by atoms with Crippen molar-refractivity contribution in [2.75, 3.05) is 5.73 Å². The van der Waals surface area contributed by atoms with Gasteiger partial charge in [0.05, 0.1) is 11.6 Å². The SMILES string of the molecule is Cc1cc(N)ncc1-c1cc(F)cc(C#N)c1. The van der Waals surface area contributed by atoms with E-state index in [-0.39, 0.29) is 5.56 Å². The van der Waals surface area contributed by atoms with Gasteiger partial charge in [0.2, 0.25) is 0 Å². The van der Waals surface area contributed by atoms with Gasteiger partial charge in [-0.1, -0.05) is 0 Å². The molecule has 2 N–H and O–H groups in total. The molecule has 0 amide bonds. The van der Waals surface area contributed by atoms with E-state index in [4.69, 9.17) is 11.0 Å². The fourth-order valence-corrected chi connectivity index (χ4v) is 1.69. The van der Waals surface area contributed by atoms with Gasteiger partial charge in [0.25, 0.3) is 0 Å². The minimum Gasteiger partial charge on any atom is -0.384 e. The molecule has 0 spiro atoms. The lowest BCUT2D eigenvalue weighted by molar-refractivity contribution is 0.628. The zero-order chi connectivity index (χ0) is 12.4. The number of hydrogen-bond acceptors (Lipinski definition) is 3. The fourth-order valence-electron chi connectivity index (χ4n) is 1.69. The van der Waals surface area contributed by atoms with E-state index >= 15 is 0 Å². The van der Waals surface area contributed by atoms with Gasteiger partial charge in [-0.25, -0.2) is 9.37 Å². The molecular weight excluding hydrogens is 217 g/mol. The molecule has 0 bridgehead atoms. The quantitative estimate of drug-likeness (QED) is 0.814. The highest BCUT2D eigenvalue weighted by Crippen LogP contribution is 2.25. The van der Waals surface area contributed by atoms with Gasteiger partial charge in [-0.3, -0.25) is 0 Å². The van der Waals surface area contributed by atoms with Crippen LogP contribution in [0.1, 0.15) is 11.1 Å². The first-order valence-electron chi connectivity index (χ1n) is 5.03. The van der Waals surface area contributed by atoms with Crippen molar-refractivity contribution >= 4 is 5.82 Å². The second-order valence-electron chi connectivity index (χ2n) is 3.76. The molecule has 1 aromatic carbocycles. The molecule has 0 fully saturated rings. The Bertz CT molecular complexity index is 615. The van der Waals surface area contributed by atoms with Gasteiger partial charge in [0.15, 0.2) is 0 Å². The van der Waals surface area contributed by atoms with Gasteiger partial charge in [-0.2, -0.15) is 5.26 Å². The molecule has 0 radical (unpaired) electrons. The van der Waals surface area contributed by atoms with Crippen molar-refractivity contribution in [3.05, 3.63) is 47.4 Å². The number of aromatic nitrogens is 1. The van der Waals surface area contributed by atoms with Crippen molar-refractivity contribution in [3.63, 3.8) is 0 Å². The summed E-state index contributed by atoms with van der Waals surface area (Å²) in [6.45, 7) is 1.87. The van der Waals surface area contributed by atoms with Crippen molar-refractivity contribution in [2.45, 2.75) is 6.92 Å². The van der Waals surface area contributed by atoms with E-state index in [0.717, 1.165) is 11.1 Å². The lowest BCUT2D eigenvalue weighted by Gasteiger charge is -2.06. The first kappa shape index (κ1) is 11.1. The number of aryl methyl sites for hydroxylation is 1. The molecule has 0 atom stereocenters. The summed E-state index contributed by atoms with van der Waals surface area (Å²) in [5, 5.41) is 8.79.